The van der Waals surface area contributed by atoms with Crippen molar-refractivity contribution in [3.63, 3.8) is 0 Å². The summed E-state index contributed by atoms with van der Waals surface area (Å²) in [4.78, 5) is 101. The van der Waals surface area contributed by atoms with Crippen molar-refractivity contribution in [1.29, 1.82) is 0 Å². The number of aliphatic hydroxyl groups is 9. The van der Waals surface area contributed by atoms with Crippen molar-refractivity contribution in [2.75, 3.05) is 112 Å². The Morgan fingerprint density at radius 2 is 0.819 bits per heavy atom. The van der Waals surface area contributed by atoms with Crippen LogP contribution in [-0.4, -0.2) is 303 Å². The second-order valence-corrected chi connectivity index (χ2v) is 23.9. The first-order valence-corrected chi connectivity index (χ1v) is 32.5. The monoisotopic (exact) mass is 1360 g/mol. The quantitative estimate of drug-likeness (QED) is 0.0252. The van der Waals surface area contributed by atoms with Crippen LogP contribution in [-0.2, 0) is 81.0 Å². The minimum Gasteiger partial charge on any atom is -0.396 e. The lowest BCUT2D eigenvalue weighted by atomic mass is 9.79. The summed E-state index contributed by atoms with van der Waals surface area (Å²) in [5.41, 5.74) is -1.56. The van der Waals surface area contributed by atoms with E-state index in [2.05, 4.69) is 42.5 Å². The number of hydrogen-bond acceptors (Lipinski definition) is 26. The molecule has 2 saturated heterocycles. The molecule has 2 heterocycles. The first-order chi connectivity index (χ1) is 44.8. The molecular weight excluding hydrogens is 1250 g/mol. The van der Waals surface area contributed by atoms with E-state index in [4.69, 9.17) is 42.6 Å². The maximum Gasteiger partial charge on any atom is 0.222 e. The molecule has 17 N–H and O–H groups in total. The van der Waals surface area contributed by atoms with E-state index >= 15 is 0 Å². The lowest BCUT2D eigenvalue weighted by molar-refractivity contribution is -0.270. The van der Waals surface area contributed by atoms with Crippen molar-refractivity contribution < 1.29 is 127 Å². The van der Waals surface area contributed by atoms with Gasteiger partial charge in [-0.2, -0.15) is 0 Å². The normalized spacial score (nSPS) is 26.7. The van der Waals surface area contributed by atoms with Crippen molar-refractivity contribution in [1.82, 2.24) is 42.5 Å². The summed E-state index contributed by atoms with van der Waals surface area (Å²) in [6.45, 7) is 5.67. The van der Waals surface area contributed by atoms with Crippen LogP contribution in [0.1, 0.15) is 118 Å². The smallest absolute Gasteiger partial charge is 0.222 e. The van der Waals surface area contributed by atoms with E-state index in [0.717, 1.165) is 25.7 Å². The minimum atomic E-state index is -1.56. The number of ether oxygens (including phenoxy) is 9. The third-order valence-electron chi connectivity index (χ3n) is 15.5. The number of carbonyl (C=O) groups excluding carboxylic acids is 8. The Balaban J connectivity index is 1.68. The lowest BCUT2D eigenvalue weighted by Gasteiger charge is -2.42. The number of nitrogens with one attached hydrogen (secondary N) is 8. The average Bonchev–Trinajstić information content (AvgIpc) is 0.840. The number of unbranched alkanes of at least 4 members (excludes halogenated alkanes) is 3. The molecule has 34 nitrogen and oxygen atoms in total. The largest absolute Gasteiger partial charge is 0.396 e. The molecule has 0 aromatic carbocycles. The van der Waals surface area contributed by atoms with Crippen LogP contribution in [0.2, 0.25) is 0 Å². The van der Waals surface area contributed by atoms with Crippen molar-refractivity contribution in [3.05, 3.63) is 0 Å². The molecule has 6 unspecified atom stereocenters. The Morgan fingerprint density at radius 3 is 1.23 bits per heavy atom. The van der Waals surface area contributed by atoms with Gasteiger partial charge in [0.25, 0.3) is 0 Å². The molecule has 34 heteroatoms. The predicted octanol–water partition coefficient (Wildman–Crippen LogP) is -5.99. The third-order valence-corrected chi connectivity index (χ3v) is 15.5. The summed E-state index contributed by atoms with van der Waals surface area (Å²) in [5.74, 6) is -4.49. The van der Waals surface area contributed by atoms with Crippen LogP contribution in [0, 0.1) is 5.92 Å². The highest BCUT2D eigenvalue weighted by Crippen LogP contribution is 2.29. The zero-order chi connectivity index (χ0) is 69.6. The van der Waals surface area contributed by atoms with Crippen LogP contribution in [0.3, 0.4) is 0 Å². The van der Waals surface area contributed by atoms with E-state index in [0.29, 0.717) is 19.6 Å². The molecule has 3 fully saturated rings. The average molecular weight is 1360 g/mol. The van der Waals surface area contributed by atoms with Crippen LogP contribution in [0.25, 0.3) is 0 Å². The Hall–Kier alpha value is -4.96. The van der Waals surface area contributed by atoms with Gasteiger partial charge in [0.05, 0.1) is 90.4 Å². The first-order valence-electron chi connectivity index (χ1n) is 32.5. The van der Waals surface area contributed by atoms with Crippen molar-refractivity contribution >= 4 is 47.3 Å². The van der Waals surface area contributed by atoms with Gasteiger partial charge in [0, 0.05) is 105 Å². The zero-order valence-corrected chi connectivity index (χ0v) is 54.9. The van der Waals surface area contributed by atoms with Gasteiger partial charge in [-0.05, 0) is 52.4 Å². The molecule has 1 saturated carbocycles. The van der Waals surface area contributed by atoms with E-state index < -0.39 is 158 Å². The van der Waals surface area contributed by atoms with E-state index in [9.17, 15) is 84.3 Å². The van der Waals surface area contributed by atoms with Gasteiger partial charge < -0.3 is 131 Å². The molecule has 0 bridgehead atoms. The molecule has 8 amide bonds. The summed E-state index contributed by atoms with van der Waals surface area (Å²) in [7, 11) is 0. The van der Waals surface area contributed by atoms with Gasteiger partial charge in [-0.25, -0.2) is 0 Å². The topological polar surface area (TPSA) is 498 Å². The fourth-order valence-corrected chi connectivity index (χ4v) is 10.4. The molecule has 0 spiro atoms. The van der Waals surface area contributed by atoms with Crippen molar-refractivity contribution in [3.8, 4) is 0 Å². The standard InChI is InChI=1S/C60H108N8O26/c1-36(2)89-22-9-7-6-8-18-61-44(75)13-14-48(79)68-60(33-86-26-15-45(76)62-19-10-23-90-41-29-40(30-69)52(80)55(83)49(41)65-37(3)72,34-87-27-16-46(77)63-20-11-24-91-58-50(66-38(4)73)56(84)53(81)42(31-70)93-58)35-88-28-17-47(78)64-21-12-25-92-59-51(67-39(5)74)57(85)54(82)43(32-71)94-59/h36,40-43,49-59,69-71,80-85H,6-35H2,1-5H3,(H,61,75)(H,62,76)(H,63,77)(H,64,78)(H,65,72)(H,66,73)(H,67,74)(H,68,79)/t40?,41-,42?,43?,49?,50?,51?,52+,53+,54+,55-,56-,57-,58-,59-,60?/m1/s1. The molecule has 0 radical (unpaired) electrons. The zero-order valence-electron chi connectivity index (χ0n) is 54.9. The number of aliphatic hydroxyl groups excluding tert-OH is 9. The van der Waals surface area contributed by atoms with Gasteiger partial charge in [-0.15, -0.1) is 0 Å². The summed E-state index contributed by atoms with van der Waals surface area (Å²) in [5, 5.41) is 113. The molecule has 3 aliphatic rings. The van der Waals surface area contributed by atoms with Crippen molar-refractivity contribution in [2.45, 2.75) is 215 Å². The van der Waals surface area contributed by atoms with E-state index in [1.165, 1.54) is 20.8 Å². The van der Waals surface area contributed by atoms with E-state index in [1.54, 1.807) is 0 Å². The van der Waals surface area contributed by atoms with E-state index in [-0.39, 0.29) is 142 Å². The Morgan fingerprint density at radius 1 is 0.436 bits per heavy atom. The van der Waals surface area contributed by atoms with Gasteiger partial charge in [0.15, 0.2) is 12.6 Å². The second-order valence-electron chi connectivity index (χ2n) is 23.9. The molecule has 3 rings (SSSR count). The fourth-order valence-electron chi connectivity index (χ4n) is 10.4. The summed E-state index contributed by atoms with van der Waals surface area (Å²) in [6, 6.07) is -3.25. The van der Waals surface area contributed by atoms with Crippen LogP contribution in [0.5, 0.6) is 0 Å². The molecule has 15 atom stereocenters. The highest BCUT2D eigenvalue weighted by Gasteiger charge is 2.47. The number of carbonyl (C=O) groups is 8. The highest BCUT2D eigenvalue weighted by atomic mass is 16.7. The molecular formula is C60H108N8O26. The van der Waals surface area contributed by atoms with Gasteiger partial charge in [0.1, 0.15) is 60.4 Å². The second kappa shape index (κ2) is 46.3. The summed E-state index contributed by atoms with van der Waals surface area (Å²) >= 11 is 0. The number of hydrogen-bond donors (Lipinski definition) is 17. The van der Waals surface area contributed by atoms with Crippen LogP contribution < -0.4 is 42.5 Å². The van der Waals surface area contributed by atoms with E-state index in [1.807, 2.05) is 13.8 Å². The molecule has 0 aromatic rings. The van der Waals surface area contributed by atoms with Crippen LogP contribution in [0.4, 0.5) is 0 Å². The number of rotatable bonds is 48. The van der Waals surface area contributed by atoms with Crippen molar-refractivity contribution in [2.24, 2.45) is 5.92 Å². The predicted molar refractivity (Wildman–Crippen MR) is 329 cm³/mol. The van der Waals surface area contributed by atoms with Crippen LogP contribution >= 0.6 is 0 Å². The summed E-state index contributed by atoms with van der Waals surface area (Å²) in [6.07, 6.45) is -10.8. The molecule has 0 aromatic heterocycles. The van der Waals surface area contributed by atoms with Gasteiger partial charge in [-0.1, -0.05) is 12.8 Å². The summed E-state index contributed by atoms with van der Waals surface area (Å²) < 4.78 is 52.2. The maximum absolute atomic E-state index is 13.8. The molecule has 2 aliphatic heterocycles. The van der Waals surface area contributed by atoms with Gasteiger partial charge in [-0.3, -0.25) is 38.4 Å². The van der Waals surface area contributed by atoms with Crippen LogP contribution in [0.15, 0.2) is 0 Å². The Kier molecular flexibility index (Phi) is 41.0. The first kappa shape index (κ1) is 83.3. The number of amides is 8. The highest BCUT2D eigenvalue weighted by molar-refractivity contribution is 5.84. The maximum atomic E-state index is 13.8. The molecule has 1 aliphatic carbocycles. The molecule has 544 valence electrons. The Labute approximate surface area is 548 Å². The molecule has 94 heavy (non-hydrogen) atoms. The lowest BCUT2D eigenvalue weighted by Crippen LogP contribution is -2.64. The SMILES string of the molecule is CC(=O)NC1[C@H](OCCCNC(=O)CCOCC(COCCC(=O)NCCCO[C@@H]2OC(CO)[C@H](O)[C@H](O)C2NC(C)=O)(COCCC(=O)NCCCO[C@@H]2CC(CO)[C@H](O)[C@H](O)C2NC(C)=O)NC(=O)CCC(=O)NCCCCCCOC(C)C)OC(CO)[C@H](O)[C@@H]1O. The third kappa shape index (κ3) is 31.9. The van der Waals surface area contributed by atoms with Gasteiger partial charge >= 0.3 is 0 Å². The fraction of sp³-hybridized carbons (Fsp3) is 0.867. The minimum absolute atomic E-state index is 0.0366. The van der Waals surface area contributed by atoms with Gasteiger partial charge in [0.2, 0.25) is 47.3 Å². The Bertz CT molecular complexity index is 2040.